The predicted molar refractivity (Wildman–Crippen MR) is 102 cm³/mol. The van der Waals surface area contributed by atoms with Crippen LogP contribution in [0, 0.1) is 5.82 Å². The largest absolute Gasteiger partial charge is 0.466 e. The van der Waals surface area contributed by atoms with Crippen LogP contribution in [0.4, 0.5) is 14.9 Å². The van der Waals surface area contributed by atoms with Gasteiger partial charge >= 0.3 is 6.03 Å². The lowest BCUT2D eigenvalue weighted by molar-refractivity contribution is 0.0399. The molecule has 1 aromatic carbocycles. The van der Waals surface area contributed by atoms with Gasteiger partial charge in [-0.1, -0.05) is 0 Å². The molecule has 2 aliphatic carbocycles. The number of nitrogens with zero attached hydrogens (tertiary/aromatic N) is 3. The number of nitrogens with two attached hydrogens (primary N) is 1. The fourth-order valence-corrected chi connectivity index (χ4v) is 5.03. The van der Waals surface area contributed by atoms with Crippen molar-refractivity contribution in [3.05, 3.63) is 34.3 Å². The third-order valence-corrected chi connectivity index (χ3v) is 7.15. The van der Waals surface area contributed by atoms with Crippen molar-refractivity contribution in [2.45, 2.75) is 49.6 Å². The summed E-state index contributed by atoms with van der Waals surface area (Å²) in [5.41, 5.74) is 2.50. The first-order valence-corrected chi connectivity index (χ1v) is 10.9. The van der Waals surface area contributed by atoms with E-state index in [0.29, 0.717) is 42.5 Å². The second-order valence-corrected chi connectivity index (χ2v) is 9.63. The lowest BCUT2D eigenvalue weighted by atomic mass is 9.76. The minimum atomic E-state index is -3.64. The molecule has 5 rings (SSSR count). The van der Waals surface area contributed by atoms with Crippen LogP contribution in [0.2, 0.25) is 0 Å². The Hall–Kier alpha value is -2.50. The third-order valence-electron chi connectivity index (χ3n) is 5.80. The summed E-state index contributed by atoms with van der Waals surface area (Å²) in [7, 11) is -3.64. The zero-order valence-electron chi connectivity index (χ0n) is 15.7. The number of fused-ring (bicyclic) bond motifs is 3. The van der Waals surface area contributed by atoms with E-state index in [-0.39, 0.29) is 29.7 Å². The zero-order chi connectivity index (χ0) is 20.6. The molecule has 0 fully saturated rings. The number of rotatable bonds is 3. The lowest BCUT2D eigenvalue weighted by Crippen LogP contribution is -2.35. The number of amides is 2. The summed E-state index contributed by atoms with van der Waals surface area (Å²) >= 11 is 0. The highest BCUT2D eigenvalue weighted by atomic mass is 32.2. The summed E-state index contributed by atoms with van der Waals surface area (Å²) in [6.07, 6.45) is 3.90. The number of hydrogen-bond acceptors (Lipinski definition) is 5. The summed E-state index contributed by atoms with van der Waals surface area (Å²) in [4.78, 5) is 12.5. The van der Waals surface area contributed by atoms with Crippen LogP contribution in [0.1, 0.15) is 29.2 Å². The second-order valence-electron chi connectivity index (χ2n) is 7.87. The van der Waals surface area contributed by atoms with Crippen molar-refractivity contribution in [1.29, 1.82) is 0 Å². The zero-order valence-corrected chi connectivity index (χ0v) is 16.5. The Morgan fingerprint density at radius 2 is 2.00 bits per heavy atom. The van der Waals surface area contributed by atoms with Crippen LogP contribution in [-0.4, -0.2) is 37.3 Å². The highest BCUT2D eigenvalue weighted by Crippen LogP contribution is 2.43. The molecule has 0 unspecified atom stereocenters. The molecule has 0 radical (unpaired) electrons. The quantitative estimate of drug-likeness (QED) is 0.687. The minimum Gasteiger partial charge on any atom is -0.466 e. The molecule has 11 heteroatoms. The summed E-state index contributed by atoms with van der Waals surface area (Å²) in [6.45, 7) is 1.67. The van der Waals surface area contributed by atoms with Crippen molar-refractivity contribution in [3.8, 4) is 5.88 Å². The van der Waals surface area contributed by atoms with E-state index in [1.54, 1.807) is 6.92 Å². The first kappa shape index (κ1) is 18.5. The molecule has 2 atom stereocenters. The Balaban J connectivity index is 1.46. The van der Waals surface area contributed by atoms with Crippen LogP contribution in [0.5, 0.6) is 5.88 Å². The Kier molecular flexibility index (Phi) is 3.83. The first-order chi connectivity index (χ1) is 13.7. The highest BCUT2D eigenvalue weighted by molar-refractivity contribution is 7.91. The SMILES string of the molecule is C[C@@]1(CO)Cn2ncc([S@](N)(=O)=NC(=O)Nc3c4c(c(F)c5c3CC5)CC4)c2O1. The van der Waals surface area contributed by atoms with Crippen LogP contribution >= 0.6 is 0 Å². The number of hydrogen-bond donors (Lipinski definition) is 3. The summed E-state index contributed by atoms with van der Waals surface area (Å²) < 4.78 is 38.1. The number of aliphatic hydroxyl groups excluding tert-OH is 1. The van der Waals surface area contributed by atoms with Gasteiger partial charge in [-0.15, -0.1) is 4.36 Å². The van der Waals surface area contributed by atoms with Crippen LogP contribution in [-0.2, 0) is 42.1 Å². The molecule has 2 heterocycles. The van der Waals surface area contributed by atoms with Gasteiger partial charge < -0.3 is 15.2 Å². The van der Waals surface area contributed by atoms with Crippen LogP contribution in [0.3, 0.4) is 0 Å². The van der Waals surface area contributed by atoms with Crippen molar-refractivity contribution in [1.82, 2.24) is 9.78 Å². The normalized spacial score (nSPS) is 22.9. The molecule has 9 nitrogen and oxygen atoms in total. The maximum absolute atomic E-state index is 14.3. The fraction of sp³-hybridized carbons (Fsp3) is 0.444. The average Bonchev–Trinajstić information content (AvgIpc) is 3.07. The molecule has 0 bridgehead atoms. The van der Waals surface area contributed by atoms with Gasteiger partial charge in [0.1, 0.15) is 10.7 Å². The number of ether oxygens (including phenoxy) is 1. The number of halogens is 1. The number of anilines is 1. The Morgan fingerprint density at radius 1 is 1.38 bits per heavy atom. The Morgan fingerprint density at radius 3 is 2.55 bits per heavy atom. The van der Waals surface area contributed by atoms with Crippen molar-refractivity contribution in [2.24, 2.45) is 9.50 Å². The summed E-state index contributed by atoms with van der Waals surface area (Å²) in [6, 6.07) is -0.866. The molecule has 2 amide bonds. The van der Waals surface area contributed by atoms with Crippen LogP contribution < -0.4 is 15.2 Å². The van der Waals surface area contributed by atoms with E-state index in [4.69, 9.17) is 9.88 Å². The van der Waals surface area contributed by atoms with E-state index in [9.17, 15) is 18.5 Å². The van der Waals surface area contributed by atoms with E-state index in [1.807, 2.05) is 0 Å². The summed E-state index contributed by atoms with van der Waals surface area (Å²) in [5, 5.41) is 22.1. The maximum Gasteiger partial charge on any atom is 0.354 e. The van der Waals surface area contributed by atoms with Crippen LogP contribution in [0.25, 0.3) is 0 Å². The van der Waals surface area contributed by atoms with Gasteiger partial charge in [0.05, 0.1) is 19.3 Å². The standard InChI is InChI=1S/C18H20FN5O4S/c1-18(8-25)7-24-16(28-18)13(6-21-24)29(20,27)23-17(26)22-15-11-4-2-9(11)14(19)10-3-5-12(10)15/h6,25H,2-5,7-8H2,1H3,(H3,20,22,23,26,27)/t18-,29+/m0/s1. The van der Waals surface area contributed by atoms with Gasteiger partial charge in [0.15, 0.2) is 15.5 Å². The smallest absolute Gasteiger partial charge is 0.354 e. The predicted octanol–water partition coefficient (Wildman–Crippen LogP) is 1.30. The van der Waals surface area contributed by atoms with Crippen molar-refractivity contribution in [2.75, 3.05) is 11.9 Å². The van der Waals surface area contributed by atoms with Crippen molar-refractivity contribution in [3.63, 3.8) is 0 Å². The monoisotopic (exact) mass is 421 g/mol. The first-order valence-electron chi connectivity index (χ1n) is 9.29. The highest BCUT2D eigenvalue weighted by Gasteiger charge is 2.39. The number of benzene rings is 1. The van der Waals surface area contributed by atoms with E-state index in [0.717, 1.165) is 11.1 Å². The molecule has 3 aliphatic rings. The Labute approximate surface area is 166 Å². The Bertz CT molecular complexity index is 1170. The minimum absolute atomic E-state index is 0.00931. The molecular formula is C18H20FN5O4S. The molecule has 2 aromatic rings. The van der Waals surface area contributed by atoms with E-state index < -0.39 is 21.5 Å². The number of aromatic nitrogens is 2. The molecule has 0 spiro atoms. The maximum atomic E-state index is 14.3. The van der Waals surface area contributed by atoms with Gasteiger partial charge in [0.25, 0.3) is 0 Å². The van der Waals surface area contributed by atoms with Gasteiger partial charge in [0, 0.05) is 5.69 Å². The molecule has 1 aliphatic heterocycles. The molecule has 0 saturated carbocycles. The van der Waals surface area contributed by atoms with Crippen molar-refractivity contribution >= 4 is 21.6 Å². The summed E-state index contributed by atoms with van der Waals surface area (Å²) in [5.74, 6) is -0.0369. The van der Waals surface area contributed by atoms with Crippen molar-refractivity contribution < 1.29 is 23.2 Å². The second kappa shape index (κ2) is 6.00. The molecule has 0 saturated heterocycles. The van der Waals surface area contributed by atoms with Gasteiger partial charge in [-0.25, -0.2) is 23.2 Å². The molecule has 1 aromatic heterocycles. The molecule has 4 N–H and O–H groups in total. The lowest BCUT2D eigenvalue weighted by Gasteiger charge is -2.32. The topological polar surface area (TPSA) is 132 Å². The third kappa shape index (κ3) is 2.68. The van der Waals surface area contributed by atoms with E-state index in [1.165, 1.54) is 10.9 Å². The number of urea groups is 1. The number of carbonyl (C=O) groups excluding carboxylic acids is 1. The molecule has 154 valence electrons. The molecule has 29 heavy (non-hydrogen) atoms. The van der Waals surface area contributed by atoms with Crippen LogP contribution in [0.15, 0.2) is 15.5 Å². The van der Waals surface area contributed by atoms with Gasteiger partial charge in [-0.05, 0) is 54.9 Å². The number of aliphatic hydroxyl groups is 1. The number of nitrogens with one attached hydrogen (secondary N) is 1. The van der Waals surface area contributed by atoms with Gasteiger partial charge in [0.2, 0.25) is 5.88 Å². The number of carbonyl (C=O) groups is 1. The fourth-order valence-electron chi connectivity index (χ4n) is 4.04. The van der Waals surface area contributed by atoms with Gasteiger partial charge in [-0.3, -0.25) is 0 Å². The average molecular weight is 421 g/mol. The van der Waals surface area contributed by atoms with Gasteiger partial charge in [-0.2, -0.15) is 5.10 Å². The molecular weight excluding hydrogens is 401 g/mol. The van der Waals surface area contributed by atoms with E-state index in [2.05, 4.69) is 14.8 Å². The van der Waals surface area contributed by atoms with E-state index >= 15 is 0 Å².